The number of rotatable bonds is 11. The van der Waals surface area contributed by atoms with Gasteiger partial charge in [-0.05, 0) is 85.7 Å². The topological polar surface area (TPSA) is 133 Å². The zero-order valence-electron chi connectivity index (χ0n) is 25.4. The summed E-state index contributed by atoms with van der Waals surface area (Å²) in [7, 11) is 2.18. The highest BCUT2D eigenvalue weighted by Gasteiger charge is 2.30. The van der Waals surface area contributed by atoms with Gasteiger partial charge >= 0.3 is 0 Å². The van der Waals surface area contributed by atoms with Crippen molar-refractivity contribution in [3.8, 4) is 5.75 Å². The molecular formula is C33H35IN4O7. The van der Waals surface area contributed by atoms with Gasteiger partial charge in [-0.3, -0.25) is 29.8 Å². The minimum absolute atomic E-state index is 0. The van der Waals surface area contributed by atoms with Crippen LogP contribution in [0.25, 0.3) is 12.2 Å². The third-order valence-corrected chi connectivity index (χ3v) is 8.01. The Balaban J connectivity index is 0.00000552. The second kappa shape index (κ2) is 15.5. The third-order valence-electron chi connectivity index (χ3n) is 8.01. The number of hydrogen-bond acceptors (Lipinski definition) is 7. The Hall–Kier alpha value is -4.43. The van der Waals surface area contributed by atoms with Gasteiger partial charge in [0.2, 0.25) is 0 Å². The number of nitro benzene ring substituents is 2. The molecule has 1 heterocycles. The quantitative estimate of drug-likeness (QED) is 0.0976. The van der Waals surface area contributed by atoms with Crippen molar-refractivity contribution >= 4 is 35.2 Å². The number of carbonyl (C=O) groups excluding carboxylic acids is 2. The van der Waals surface area contributed by atoms with Gasteiger partial charge in [0, 0.05) is 41.0 Å². The van der Waals surface area contributed by atoms with Gasteiger partial charge in [-0.1, -0.05) is 0 Å². The number of Topliss-reactive ketones (excluding diaryl/α,β-unsaturated/α-hetero) is 1. The van der Waals surface area contributed by atoms with Crippen molar-refractivity contribution in [2.75, 3.05) is 46.4 Å². The maximum absolute atomic E-state index is 13.6. The molecule has 0 aromatic heterocycles. The number of benzene rings is 3. The first-order valence-electron chi connectivity index (χ1n) is 14.3. The molecule has 3 aromatic carbocycles. The number of amides is 1. The number of nitrogens with zero attached hydrogens (tertiary/aromatic N) is 4. The first-order chi connectivity index (χ1) is 21.0. The van der Waals surface area contributed by atoms with E-state index < -0.39 is 9.85 Å². The summed E-state index contributed by atoms with van der Waals surface area (Å²) in [5.74, 6) is 0.0974. The van der Waals surface area contributed by atoms with Gasteiger partial charge in [-0.15, -0.1) is 0 Å². The molecule has 0 aliphatic carbocycles. The van der Waals surface area contributed by atoms with Gasteiger partial charge in [0.25, 0.3) is 17.3 Å². The molecule has 12 heteroatoms. The molecule has 1 fully saturated rings. The number of ketones is 1. The van der Waals surface area contributed by atoms with E-state index in [1.807, 2.05) is 0 Å². The molecule has 1 amide bonds. The lowest BCUT2D eigenvalue weighted by atomic mass is 9.93. The molecule has 3 aromatic rings. The SMILES string of the molecule is CC[N+](C)(CC)CCOc1ccc(C(=O)N2C/C(=C\c3ccc([N+](=O)[O-])cc3)C(=O)/C(=C/c3ccc([N+](=O)[O-])cc3)C2)cc1.[I-]. The van der Waals surface area contributed by atoms with Crippen LogP contribution in [0.2, 0.25) is 0 Å². The first kappa shape index (κ1) is 35.1. The van der Waals surface area contributed by atoms with Gasteiger partial charge in [0.1, 0.15) is 18.9 Å². The maximum atomic E-state index is 13.6. The zero-order valence-corrected chi connectivity index (χ0v) is 27.5. The lowest BCUT2D eigenvalue weighted by Crippen LogP contribution is -3.00. The molecule has 0 atom stereocenters. The average Bonchev–Trinajstić information content (AvgIpc) is 3.03. The van der Waals surface area contributed by atoms with Crippen molar-refractivity contribution in [3.05, 3.63) is 121 Å². The molecule has 236 valence electrons. The number of ether oxygens (including phenoxy) is 1. The molecule has 1 aliphatic heterocycles. The van der Waals surface area contributed by atoms with Gasteiger partial charge in [-0.25, -0.2) is 0 Å². The summed E-state index contributed by atoms with van der Waals surface area (Å²) in [6, 6.07) is 18.5. The predicted molar refractivity (Wildman–Crippen MR) is 167 cm³/mol. The van der Waals surface area contributed by atoms with Crippen LogP contribution in [-0.4, -0.2) is 77.3 Å². The third kappa shape index (κ3) is 9.05. The zero-order chi connectivity index (χ0) is 31.9. The minimum atomic E-state index is -0.503. The number of quaternary nitrogens is 1. The normalized spacial score (nSPS) is 15.1. The summed E-state index contributed by atoms with van der Waals surface area (Å²) in [4.78, 5) is 49.8. The Morgan fingerprint density at radius 1 is 0.822 bits per heavy atom. The van der Waals surface area contributed by atoms with Crippen LogP contribution in [0, 0.1) is 20.2 Å². The van der Waals surface area contributed by atoms with Crippen LogP contribution in [-0.2, 0) is 4.79 Å². The Morgan fingerprint density at radius 3 is 1.67 bits per heavy atom. The number of non-ortho nitro benzene ring substituents is 2. The summed E-state index contributed by atoms with van der Waals surface area (Å²) >= 11 is 0. The van der Waals surface area contributed by atoms with E-state index in [-0.39, 0.29) is 60.1 Å². The van der Waals surface area contributed by atoms with E-state index in [1.165, 1.54) is 24.3 Å². The van der Waals surface area contributed by atoms with Crippen molar-refractivity contribution in [2.24, 2.45) is 0 Å². The lowest BCUT2D eigenvalue weighted by Gasteiger charge is -2.31. The molecule has 0 spiro atoms. The average molecular weight is 727 g/mol. The van der Waals surface area contributed by atoms with E-state index in [4.69, 9.17) is 4.74 Å². The van der Waals surface area contributed by atoms with Crippen LogP contribution in [0.1, 0.15) is 35.3 Å². The second-order valence-corrected chi connectivity index (χ2v) is 10.9. The van der Waals surface area contributed by atoms with Crippen LogP contribution < -0.4 is 28.7 Å². The van der Waals surface area contributed by atoms with Crippen LogP contribution in [0.15, 0.2) is 83.9 Å². The number of hydrogen-bond donors (Lipinski definition) is 0. The van der Waals surface area contributed by atoms with E-state index >= 15 is 0 Å². The number of nitro groups is 2. The van der Waals surface area contributed by atoms with Gasteiger partial charge < -0.3 is 38.1 Å². The highest BCUT2D eigenvalue weighted by molar-refractivity contribution is 6.15. The first-order valence-corrected chi connectivity index (χ1v) is 14.3. The van der Waals surface area contributed by atoms with Gasteiger partial charge in [-0.2, -0.15) is 0 Å². The fourth-order valence-corrected chi connectivity index (χ4v) is 4.77. The summed E-state index contributed by atoms with van der Waals surface area (Å²) in [5, 5.41) is 22.1. The molecule has 0 radical (unpaired) electrons. The molecule has 45 heavy (non-hydrogen) atoms. The van der Waals surface area contributed by atoms with Crippen molar-refractivity contribution in [3.63, 3.8) is 0 Å². The minimum Gasteiger partial charge on any atom is -1.00 e. The number of likely N-dealkylation sites (N-methyl/N-ethyl adjacent to an activating group) is 1. The Bertz CT molecular complexity index is 1520. The van der Waals surface area contributed by atoms with Crippen molar-refractivity contribution < 1.29 is 52.6 Å². The molecule has 1 saturated heterocycles. The molecule has 1 aliphatic rings. The fraction of sp³-hybridized carbons (Fsp3) is 0.273. The second-order valence-electron chi connectivity index (χ2n) is 10.9. The smallest absolute Gasteiger partial charge is 0.269 e. The van der Waals surface area contributed by atoms with E-state index in [0.29, 0.717) is 40.2 Å². The number of halogens is 1. The maximum Gasteiger partial charge on any atom is 0.269 e. The highest BCUT2D eigenvalue weighted by Crippen LogP contribution is 2.26. The molecule has 0 bridgehead atoms. The Kier molecular flexibility index (Phi) is 12.1. The largest absolute Gasteiger partial charge is 1.00 e. The molecule has 0 saturated carbocycles. The number of piperidine rings is 1. The molecule has 0 unspecified atom stereocenters. The van der Waals surface area contributed by atoms with Crippen LogP contribution in [0.4, 0.5) is 11.4 Å². The highest BCUT2D eigenvalue weighted by atomic mass is 127. The predicted octanol–water partition coefficient (Wildman–Crippen LogP) is 2.56. The summed E-state index contributed by atoms with van der Waals surface area (Å²) in [5.41, 5.74) is 2.09. The molecule has 11 nitrogen and oxygen atoms in total. The number of carbonyl (C=O) groups is 2. The molecule has 0 N–H and O–H groups in total. The Morgan fingerprint density at radius 2 is 1.27 bits per heavy atom. The lowest BCUT2D eigenvalue weighted by molar-refractivity contribution is -0.906. The number of likely N-dealkylation sites (tertiary alicyclic amines) is 1. The standard InChI is InChI=1S/C33H35N4O7.HI/c1-4-37(3,5-2)18-19-44-31-16-10-26(11-17-31)33(39)34-22-27(20-24-6-12-29(13-7-24)35(40)41)32(38)28(23-34)21-25-8-14-30(15-9-25)36(42)43;/h6-17,20-21H,4-5,18-19,22-23H2,1-3H3;1H/q+1;/p-1/b27-20+,28-21+;. The van der Waals surface area contributed by atoms with Crippen molar-refractivity contribution in [2.45, 2.75) is 13.8 Å². The molecule has 4 rings (SSSR count). The van der Waals surface area contributed by atoms with Crippen LogP contribution in [0.3, 0.4) is 0 Å². The fourth-order valence-electron chi connectivity index (χ4n) is 4.77. The molecular weight excluding hydrogens is 691 g/mol. The van der Waals surface area contributed by atoms with Crippen LogP contribution in [0.5, 0.6) is 5.75 Å². The van der Waals surface area contributed by atoms with E-state index in [9.17, 15) is 29.8 Å². The Labute approximate surface area is 278 Å². The summed E-state index contributed by atoms with van der Waals surface area (Å²) < 4.78 is 6.82. The summed E-state index contributed by atoms with van der Waals surface area (Å²) in [6.07, 6.45) is 3.23. The summed E-state index contributed by atoms with van der Waals surface area (Å²) in [6.45, 7) is 7.80. The van der Waals surface area contributed by atoms with E-state index in [1.54, 1.807) is 65.6 Å². The monoisotopic (exact) mass is 726 g/mol. The van der Waals surface area contributed by atoms with E-state index in [0.717, 1.165) is 24.1 Å². The van der Waals surface area contributed by atoms with Gasteiger partial charge in [0.15, 0.2) is 5.78 Å². The van der Waals surface area contributed by atoms with Crippen molar-refractivity contribution in [1.82, 2.24) is 4.90 Å². The van der Waals surface area contributed by atoms with Crippen LogP contribution >= 0.6 is 0 Å². The van der Waals surface area contributed by atoms with Crippen molar-refractivity contribution in [1.29, 1.82) is 0 Å². The van der Waals surface area contributed by atoms with Gasteiger partial charge in [0.05, 0.1) is 43.1 Å². The van der Waals surface area contributed by atoms with E-state index in [2.05, 4.69) is 20.9 Å².